The summed E-state index contributed by atoms with van der Waals surface area (Å²) < 4.78 is 75.4. The van der Waals surface area contributed by atoms with Gasteiger partial charge >= 0.3 is 0 Å². The average molecular weight is 389 g/mol. The van der Waals surface area contributed by atoms with Gasteiger partial charge in [0.2, 0.25) is 10.0 Å². The molecule has 7 nitrogen and oxygen atoms in total. The topological polar surface area (TPSA) is 124 Å². The van der Waals surface area contributed by atoms with E-state index < -0.39 is 35.7 Å². The third-order valence-corrected chi connectivity index (χ3v) is 5.10. The molecule has 10 heteroatoms. The van der Waals surface area contributed by atoms with Gasteiger partial charge in [-0.1, -0.05) is 19.1 Å². The molecular formula is C15H16FNO6S2. The first-order valence-electron chi connectivity index (χ1n) is 7.11. The van der Waals surface area contributed by atoms with E-state index >= 15 is 0 Å². The summed E-state index contributed by atoms with van der Waals surface area (Å²) in [6, 6.07) is 6.58. The van der Waals surface area contributed by atoms with Crippen molar-refractivity contribution in [3.8, 4) is 16.9 Å². The largest absolute Gasteiger partial charge is 0.491 e. The lowest BCUT2D eigenvalue weighted by Crippen LogP contribution is -2.15. The molecule has 3 N–H and O–H groups in total. The molecule has 0 amide bonds. The maximum Gasteiger partial charge on any atom is 0.295 e. The number of rotatable bonds is 6. The molecule has 0 spiro atoms. The quantitative estimate of drug-likeness (QED) is 0.730. The molecule has 0 atom stereocenters. The molecule has 2 rings (SSSR count). The van der Waals surface area contributed by atoms with Crippen LogP contribution in [-0.2, 0) is 20.1 Å². The third-order valence-electron chi connectivity index (χ3n) is 3.25. The zero-order chi connectivity index (χ0) is 18.8. The molecule has 0 bridgehead atoms. The summed E-state index contributed by atoms with van der Waals surface area (Å²) in [6.07, 6.45) is 0.605. The van der Waals surface area contributed by atoms with Crippen LogP contribution in [0.2, 0.25) is 0 Å². The summed E-state index contributed by atoms with van der Waals surface area (Å²) in [5.74, 6) is -0.872. The molecule has 0 fully saturated rings. The van der Waals surface area contributed by atoms with E-state index in [2.05, 4.69) is 0 Å². The molecule has 0 aromatic heterocycles. The Labute approximate surface area is 145 Å². The van der Waals surface area contributed by atoms with Gasteiger partial charge in [-0.25, -0.2) is 17.9 Å². The molecule has 0 aliphatic rings. The summed E-state index contributed by atoms with van der Waals surface area (Å²) >= 11 is 0. The zero-order valence-electron chi connectivity index (χ0n) is 13.1. The van der Waals surface area contributed by atoms with E-state index in [1.807, 2.05) is 6.92 Å². The third kappa shape index (κ3) is 4.34. The highest BCUT2D eigenvalue weighted by atomic mass is 32.2. The maximum atomic E-state index is 13.8. The summed E-state index contributed by atoms with van der Waals surface area (Å²) in [7, 11) is -9.07. The first-order valence-corrected chi connectivity index (χ1v) is 10.1. The second-order valence-electron chi connectivity index (χ2n) is 5.14. The smallest absolute Gasteiger partial charge is 0.295 e. The van der Waals surface area contributed by atoms with Gasteiger partial charge in [0.1, 0.15) is 4.90 Å². The minimum absolute atomic E-state index is 0.0183. The number of hydrogen-bond acceptors (Lipinski definition) is 5. The van der Waals surface area contributed by atoms with E-state index in [0.717, 1.165) is 30.3 Å². The van der Waals surface area contributed by atoms with E-state index in [-0.39, 0.29) is 23.5 Å². The molecule has 0 saturated carbocycles. The van der Waals surface area contributed by atoms with Crippen molar-refractivity contribution in [2.75, 3.05) is 6.61 Å². The summed E-state index contributed by atoms with van der Waals surface area (Å²) in [5.41, 5.74) is -0.335. The van der Waals surface area contributed by atoms with Crippen molar-refractivity contribution in [1.82, 2.24) is 0 Å². The highest BCUT2D eigenvalue weighted by molar-refractivity contribution is 7.89. The van der Waals surface area contributed by atoms with E-state index in [4.69, 9.17) is 9.88 Å². The Morgan fingerprint density at radius 2 is 1.76 bits per heavy atom. The van der Waals surface area contributed by atoms with Crippen molar-refractivity contribution in [2.24, 2.45) is 5.14 Å². The molecule has 0 aliphatic heterocycles. The predicted molar refractivity (Wildman–Crippen MR) is 88.8 cm³/mol. The first kappa shape index (κ1) is 19.3. The fourth-order valence-corrected chi connectivity index (χ4v) is 3.81. The Morgan fingerprint density at radius 3 is 2.32 bits per heavy atom. The van der Waals surface area contributed by atoms with E-state index in [1.54, 1.807) is 0 Å². The van der Waals surface area contributed by atoms with Gasteiger partial charge in [0.05, 0.1) is 11.5 Å². The van der Waals surface area contributed by atoms with Crippen LogP contribution in [0.25, 0.3) is 11.1 Å². The SMILES string of the molecule is CCCOc1cc(-c2c(S(N)(=O)=O)cccc2S(=O)(=O)O)ccc1F. The second kappa shape index (κ2) is 7.08. The van der Waals surface area contributed by atoms with Crippen molar-refractivity contribution in [2.45, 2.75) is 23.1 Å². The normalized spacial score (nSPS) is 12.2. The molecule has 0 radical (unpaired) electrons. The lowest BCUT2D eigenvalue weighted by molar-refractivity contribution is 0.301. The van der Waals surface area contributed by atoms with Crippen LogP contribution in [0.1, 0.15) is 13.3 Å². The van der Waals surface area contributed by atoms with E-state index in [1.165, 1.54) is 6.07 Å². The van der Waals surface area contributed by atoms with Gasteiger partial charge in [-0.2, -0.15) is 8.42 Å². The van der Waals surface area contributed by atoms with Gasteiger partial charge in [0.15, 0.2) is 11.6 Å². The fraction of sp³-hybridized carbons (Fsp3) is 0.200. The molecule has 136 valence electrons. The summed E-state index contributed by atoms with van der Waals surface area (Å²) in [6.45, 7) is 2.02. The molecule has 2 aromatic carbocycles. The number of primary sulfonamides is 1. The lowest BCUT2D eigenvalue weighted by Gasteiger charge is -2.14. The van der Waals surface area contributed by atoms with Crippen molar-refractivity contribution in [1.29, 1.82) is 0 Å². The first-order chi connectivity index (χ1) is 11.6. The predicted octanol–water partition coefficient (Wildman–Crippen LogP) is 2.18. The number of halogens is 1. The molecule has 2 aromatic rings. The van der Waals surface area contributed by atoms with E-state index in [0.29, 0.717) is 6.42 Å². The lowest BCUT2D eigenvalue weighted by atomic mass is 10.1. The molecule has 0 heterocycles. The van der Waals surface area contributed by atoms with E-state index in [9.17, 15) is 25.8 Å². The van der Waals surface area contributed by atoms with Crippen LogP contribution in [0.4, 0.5) is 4.39 Å². The molecule has 25 heavy (non-hydrogen) atoms. The number of benzene rings is 2. The number of ether oxygens (including phenoxy) is 1. The number of hydrogen-bond donors (Lipinski definition) is 2. The van der Waals surface area contributed by atoms with Gasteiger partial charge in [0, 0.05) is 5.56 Å². The van der Waals surface area contributed by atoms with Crippen LogP contribution in [0, 0.1) is 5.82 Å². The minimum Gasteiger partial charge on any atom is -0.491 e. The van der Waals surface area contributed by atoms with Crippen molar-refractivity contribution in [3.05, 3.63) is 42.2 Å². The average Bonchev–Trinajstić information content (AvgIpc) is 2.52. The summed E-state index contributed by atoms with van der Waals surface area (Å²) in [4.78, 5) is -1.18. The van der Waals surface area contributed by atoms with Crippen molar-refractivity contribution in [3.63, 3.8) is 0 Å². The standard InChI is InChI=1S/C15H16FNO6S2/c1-2-8-23-12-9-10(6-7-11(12)16)15-13(24(17,18)19)4-3-5-14(15)25(20,21)22/h3-7,9H,2,8H2,1H3,(H2,17,18,19)(H,20,21,22). The highest BCUT2D eigenvalue weighted by Crippen LogP contribution is 2.35. The molecule has 0 aliphatic carbocycles. The molecule has 0 unspecified atom stereocenters. The Bertz CT molecular complexity index is 952. The van der Waals surface area contributed by atoms with Crippen LogP contribution >= 0.6 is 0 Å². The van der Waals surface area contributed by atoms with Gasteiger partial charge in [-0.15, -0.1) is 0 Å². The van der Waals surface area contributed by atoms with Crippen LogP contribution in [0.5, 0.6) is 5.75 Å². The monoisotopic (exact) mass is 389 g/mol. The Balaban J connectivity index is 2.82. The Kier molecular flexibility index (Phi) is 5.47. The molecular weight excluding hydrogens is 373 g/mol. The minimum atomic E-state index is -4.76. The van der Waals surface area contributed by atoms with Crippen molar-refractivity contribution < 1.29 is 30.5 Å². The van der Waals surface area contributed by atoms with Gasteiger partial charge in [0.25, 0.3) is 10.1 Å². The van der Waals surface area contributed by atoms with Crippen molar-refractivity contribution >= 4 is 20.1 Å². The Morgan fingerprint density at radius 1 is 1.12 bits per heavy atom. The van der Waals surface area contributed by atoms with Crippen LogP contribution in [-0.4, -0.2) is 28.0 Å². The zero-order valence-corrected chi connectivity index (χ0v) is 14.8. The van der Waals surface area contributed by atoms with Gasteiger partial charge in [-0.3, -0.25) is 4.55 Å². The molecule has 0 saturated heterocycles. The highest BCUT2D eigenvalue weighted by Gasteiger charge is 2.25. The second-order valence-corrected chi connectivity index (χ2v) is 8.06. The maximum absolute atomic E-state index is 13.8. The number of sulfonamides is 1. The van der Waals surface area contributed by atoms with Crippen LogP contribution < -0.4 is 9.88 Å². The summed E-state index contributed by atoms with van der Waals surface area (Å²) in [5, 5.41) is 5.15. The van der Waals surface area contributed by atoms with Gasteiger partial charge < -0.3 is 4.74 Å². The Hall–Kier alpha value is -2.01. The number of nitrogens with two attached hydrogens (primary N) is 1. The van der Waals surface area contributed by atoms with Crippen LogP contribution in [0.3, 0.4) is 0 Å². The fourth-order valence-electron chi connectivity index (χ4n) is 2.23. The van der Waals surface area contributed by atoms with Gasteiger partial charge in [-0.05, 0) is 36.2 Å². The van der Waals surface area contributed by atoms with Crippen LogP contribution in [0.15, 0.2) is 46.2 Å².